The molecule has 1 fully saturated rings. The largest absolute Gasteiger partial charge is 0.451 e. The molecule has 0 aliphatic carbocycles. The number of aromatic nitrogens is 1. The molecule has 4 rings (SSSR count). The molecule has 0 unspecified atom stereocenters. The molecule has 146 valence electrons. The van der Waals surface area contributed by atoms with E-state index >= 15 is 0 Å². The van der Waals surface area contributed by atoms with Crippen molar-refractivity contribution in [1.82, 2.24) is 15.2 Å². The van der Waals surface area contributed by atoms with Gasteiger partial charge in [-0.15, -0.1) is 0 Å². The first-order valence-electron chi connectivity index (χ1n) is 9.66. The summed E-state index contributed by atoms with van der Waals surface area (Å²) in [4.78, 5) is 19.3. The Morgan fingerprint density at radius 3 is 2.68 bits per heavy atom. The Balaban J connectivity index is 1.38. The molecule has 1 atom stereocenters. The molecule has 3 heterocycles. The predicted octanol–water partition coefficient (Wildman–Crippen LogP) is 4.75. The number of amides is 1. The highest BCUT2D eigenvalue weighted by Crippen LogP contribution is 2.28. The van der Waals surface area contributed by atoms with Gasteiger partial charge in [-0.05, 0) is 62.6 Å². The fourth-order valence-electron chi connectivity index (χ4n) is 3.94. The van der Waals surface area contributed by atoms with Gasteiger partial charge in [-0.2, -0.15) is 0 Å². The van der Waals surface area contributed by atoms with Gasteiger partial charge in [-0.3, -0.25) is 14.7 Å². The van der Waals surface area contributed by atoms with Crippen molar-refractivity contribution in [3.05, 3.63) is 64.6 Å². The average molecular weight is 398 g/mol. The summed E-state index contributed by atoms with van der Waals surface area (Å²) in [6, 6.07) is 10.1. The summed E-state index contributed by atoms with van der Waals surface area (Å²) >= 11 is 6.07. The number of carbonyl (C=O) groups is 1. The summed E-state index contributed by atoms with van der Waals surface area (Å²) in [5, 5.41) is 4.67. The minimum atomic E-state index is -0.148. The van der Waals surface area contributed by atoms with E-state index in [9.17, 15) is 4.79 Å². The first kappa shape index (κ1) is 19.0. The molecular weight excluding hydrogens is 374 g/mol. The minimum Gasteiger partial charge on any atom is -0.451 e. The summed E-state index contributed by atoms with van der Waals surface area (Å²) in [6.45, 7) is 6.01. The lowest BCUT2D eigenvalue weighted by Gasteiger charge is -2.36. The molecule has 3 aromatic rings. The monoisotopic (exact) mass is 397 g/mol. The first-order valence-corrected chi connectivity index (χ1v) is 10.0. The standard InChI is InChI=1S/C22H24ClN3O2/c1-14-19-13-17(23)3-4-20(19)28-21(14)22(27)25-18-7-11-26(12-8-18)15(2)16-5-9-24-10-6-16/h3-6,9-10,13,15,18H,7-8,11-12H2,1-2H3,(H,25,27)/t15-/m0/s1. The molecule has 1 aliphatic rings. The lowest BCUT2D eigenvalue weighted by Crippen LogP contribution is -2.45. The number of nitrogens with one attached hydrogen (secondary N) is 1. The SMILES string of the molecule is Cc1c(C(=O)NC2CCN([C@@H](C)c3ccncc3)CC2)oc2ccc(Cl)cc12. The molecule has 1 N–H and O–H groups in total. The van der Waals surface area contributed by atoms with Gasteiger partial charge in [0, 0.05) is 53.5 Å². The minimum absolute atomic E-state index is 0.148. The number of aryl methyl sites for hydroxylation is 1. The number of halogens is 1. The van der Waals surface area contributed by atoms with Crippen molar-refractivity contribution in [2.45, 2.75) is 38.8 Å². The molecule has 2 aromatic heterocycles. The molecule has 28 heavy (non-hydrogen) atoms. The van der Waals surface area contributed by atoms with Gasteiger partial charge in [-0.1, -0.05) is 11.6 Å². The van der Waals surface area contributed by atoms with Crippen LogP contribution in [0.3, 0.4) is 0 Å². The third-order valence-corrected chi connectivity index (χ3v) is 5.94. The number of carbonyl (C=O) groups excluding carboxylic acids is 1. The Hall–Kier alpha value is -2.37. The van der Waals surface area contributed by atoms with E-state index in [1.807, 2.05) is 25.4 Å². The number of hydrogen-bond donors (Lipinski definition) is 1. The molecule has 0 spiro atoms. The van der Waals surface area contributed by atoms with Crippen LogP contribution in [-0.2, 0) is 0 Å². The lowest BCUT2D eigenvalue weighted by atomic mass is 10.0. The van der Waals surface area contributed by atoms with E-state index in [0.717, 1.165) is 36.9 Å². The van der Waals surface area contributed by atoms with Crippen LogP contribution in [0.25, 0.3) is 11.0 Å². The van der Waals surface area contributed by atoms with Crippen LogP contribution in [0.15, 0.2) is 47.1 Å². The van der Waals surface area contributed by atoms with Gasteiger partial charge < -0.3 is 9.73 Å². The van der Waals surface area contributed by atoms with E-state index in [0.29, 0.717) is 22.4 Å². The van der Waals surface area contributed by atoms with Crippen molar-refractivity contribution < 1.29 is 9.21 Å². The zero-order valence-electron chi connectivity index (χ0n) is 16.1. The van der Waals surface area contributed by atoms with Crippen LogP contribution in [-0.4, -0.2) is 34.9 Å². The van der Waals surface area contributed by atoms with E-state index in [4.69, 9.17) is 16.0 Å². The van der Waals surface area contributed by atoms with Crippen molar-refractivity contribution in [3.8, 4) is 0 Å². The van der Waals surface area contributed by atoms with Gasteiger partial charge in [0.15, 0.2) is 5.76 Å². The van der Waals surface area contributed by atoms with Crippen LogP contribution in [0.4, 0.5) is 0 Å². The third kappa shape index (κ3) is 3.77. The number of likely N-dealkylation sites (tertiary alicyclic amines) is 1. The van der Waals surface area contributed by atoms with E-state index in [2.05, 4.69) is 34.3 Å². The van der Waals surface area contributed by atoms with Crippen molar-refractivity contribution in [2.24, 2.45) is 0 Å². The number of fused-ring (bicyclic) bond motifs is 1. The Labute approximate surface area is 169 Å². The summed E-state index contributed by atoms with van der Waals surface area (Å²) in [7, 11) is 0. The van der Waals surface area contributed by atoms with Gasteiger partial charge >= 0.3 is 0 Å². The van der Waals surface area contributed by atoms with E-state index in [1.165, 1.54) is 5.56 Å². The molecule has 1 saturated heterocycles. The van der Waals surface area contributed by atoms with E-state index in [-0.39, 0.29) is 11.9 Å². The van der Waals surface area contributed by atoms with Crippen molar-refractivity contribution >= 4 is 28.5 Å². The summed E-state index contributed by atoms with van der Waals surface area (Å²) in [6.07, 6.45) is 5.52. The van der Waals surface area contributed by atoms with E-state index in [1.54, 1.807) is 12.1 Å². The fourth-order valence-corrected chi connectivity index (χ4v) is 4.12. The Morgan fingerprint density at radius 1 is 1.25 bits per heavy atom. The van der Waals surface area contributed by atoms with Gasteiger partial charge in [0.25, 0.3) is 5.91 Å². The second-order valence-corrected chi connectivity index (χ2v) is 7.87. The number of benzene rings is 1. The highest BCUT2D eigenvalue weighted by Gasteiger charge is 2.26. The zero-order chi connectivity index (χ0) is 19.7. The smallest absolute Gasteiger partial charge is 0.287 e. The summed E-state index contributed by atoms with van der Waals surface area (Å²) < 4.78 is 5.79. The second-order valence-electron chi connectivity index (χ2n) is 7.44. The van der Waals surface area contributed by atoms with Crippen molar-refractivity contribution in [1.29, 1.82) is 0 Å². The number of furan rings is 1. The Bertz CT molecular complexity index is 978. The molecule has 1 aromatic carbocycles. The quantitative estimate of drug-likeness (QED) is 0.690. The molecular formula is C22H24ClN3O2. The normalized spacial score (nSPS) is 17.0. The molecule has 6 heteroatoms. The maximum absolute atomic E-state index is 12.8. The van der Waals surface area contributed by atoms with Crippen LogP contribution >= 0.6 is 11.6 Å². The Kier molecular flexibility index (Phi) is 5.38. The Morgan fingerprint density at radius 2 is 1.96 bits per heavy atom. The van der Waals surface area contributed by atoms with Crippen LogP contribution in [0.1, 0.15) is 47.5 Å². The van der Waals surface area contributed by atoms with Crippen molar-refractivity contribution in [2.75, 3.05) is 13.1 Å². The van der Waals surface area contributed by atoms with Gasteiger partial charge in [0.05, 0.1) is 0 Å². The van der Waals surface area contributed by atoms with E-state index < -0.39 is 0 Å². The molecule has 0 radical (unpaired) electrons. The maximum Gasteiger partial charge on any atom is 0.287 e. The van der Waals surface area contributed by atoms with Gasteiger partial charge in [0.2, 0.25) is 0 Å². The van der Waals surface area contributed by atoms with Crippen LogP contribution in [0.5, 0.6) is 0 Å². The van der Waals surface area contributed by atoms with Crippen LogP contribution in [0.2, 0.25) is 5.02 Å². The highest BCUT2D eigenvalue weighted by molar-refractivity contribution is 6.31. The highest BCUT2D eigenvalue weighted by atomic mass is 35.5. The fraction of sp³-hybridized carbons (Fsp3) is 0.364. The second kappa shape index (κ2) is 7.94. The third-order valence-electron chi connectivity index (χ3n) is 5.71. The molecule has 1 amide bonds. The number of pyridine rings is 1. The van der Waals surface area contributed by atoms with Gasteiger partial charge in [-0.25, -0.2) is 0 Å². The number of rotatable bonds is 4. The summed E-state index contributed by atoms with van der Waals surface area (Å²) in [5.74, 6) is 0.232. The molecule has 0 saturated carbocycles. The first-order chi connectivity index (χ1) is 13.5. The maximum atomic E-state index is 12.8. The van der Waals surface area contributed by atoms with Crippen molar-refractivity contribution in [3.63, 3.8) is 0 Å². The lowest BCUT2D eigenvalue weighted by molar-refractivity contribution is 0.0870. The topological polar surface area (TPSA) is 58.4 Å². The predicted molar refractivity (Wildman–Crippen MR) is 111 cm³/mol. The zero-order valence-corrected chi connectivity index (χ0v) is 16.9. The number of piperidine rings is 1. The average Bonchev–Trinajstić information content (AvgIpc) is 3.05. The van der Waals surface area contributed by atoms with Gasteiger partial charge in [0.1, 0.15) is 5.58 Å². The summed E-state index contributed by atoms with van der Waals surface area (Å²) in [5.41, 5.74) is 2.79. The van der Waals surface area contributed by atoms with Crippen LogP contribution < -0.4 is 5.32 Å². The molecule has 1 aliphatic heterocycles. The van der Waals surface area contributed by atoms with Crippen LogP contribution in [0, 0.1) is 6.92 Å². The number of nitrogens with zero attached hydrogens (tertiary/aromatic N) is 2. The number of hydrogen-bond acceptors (Lipinski definition) is 4. The molecule has 0 bridgehead atoms. The molecule has 5 nitrogen and oxygen atoms in total.